The quantitative estimate of drug-likeness (QED) is 0.711. The minimum absolute atomic E-state index is 0.328. The van der Waals surface area contributed by atoms with E-state index in [1.54, 1.807) is 30.3 Å². The fourth-order valence-corrected chi connectivity index (χ4v) is 3.64. The first-order valence-corrected chi connectivity index (χ1v) is 7.46. The average Bonchev–Trinajstić information content (AvgIpc) is 2.70. The molecule has 2 aliphatic carbocycles. The molecular weight excluding hydrogens is 256 g/mol. The van der Waals surface area contributed by atoms with E-state index >= 15 is 0 Å². The summed E-state index contributed by atoms with van der Waals surface area (Å²) < 4.78 is 25.2. The van der Waals surface area contributed by atoms with Crippen molar-refractivity contribution < 1.29 is 8.42 Å². The minimum Gasteiger partial charge on any atom is -0.218 e. The molecule has 2 aliphatic rings. The van der Waals surface area contributed by atoms with E-state index in [1.807, 2.05) is 42.5 Å². The summed E-state index contributed by atoms with van der Waals surface area (Å²) in [5.74, 6) is 0. The molecule has 0 saturated heterocycles. The van der Waals surface area contributed by atoms with E-state index in [0.29, 0.717) is 9.79 Å². The van der Waals surface area contributed by atoms with E-state index in [1.165, 1.54) is 0 Å². The molecule has 0 fully saturated rings. The molecule has 3 heteroatoms. The summed E-state index contributed by atoms with van der Waals surface area (Å²) in [4.78, 5) is 0.693. The highest BCUT2D eigenvalue weighted by Crippen LogP contribution is 2.33. The Labute approximate surface area is 112 Å². The number of hydrogen-bond donors (Lipinski definition) is 0. The van der Waals surface area contributed by atoms with Gasteiger partial charge in [-0.1, -0.05) is 54.6 Å². The fourth-order valence-electron chi connectivity index (χ4n) is 2.15. The molecule has 0 bridgehead atoms. The second kappa shape index (κ2) is 4.52. The lowest BCUT2D eigenvalue weighted by Crippen LogP contribution is -2.01. The van der Waals surface area contributed by atoms with E-state index in [9.17, 15) is 8.42 Å². The van der Waals surface area contributed by atoms with Crippen LogP contribution >= 0.6 is 0 Å². The Hall–Kier alpha value is -2.13. The number of benzene rings is 1. The van der Waals surface area contributed by atoms with E-state index in [-0.39, 0.29) is 0 Å². The van der Waals surface area contributed by atoms with Gasteiger partial charge in [0.15, 0.2) is 0 Å². The van der Waals surface area contributed by atoms with Crippen molar-refractivity contribution in [2.45, 2.75) is 9.79 Å². The van der Waals surface area contributed by atoms with Crippen molar-refractivity contribution in [3.8, 4) is 11.1 Å². The molecule has 94 valence electrons. The molecule has 3 rings (SSSR count). The maximum Gasteiger partial charge on any atom is 0.207 e. The van der Waals surface area contributed by atoms with Crippen LogP contribution in [0.4, 0.5) is 0 Å². The lowest BCUT2D eigenvalue weighted by molar-refractivity contribution is 0.596. The zero-order valence-corrected chi connectivity index (χ0v) is 11.0. The lowest BCUT2D eigenvalue weighted by Gasteiger charge is -2.04. The third kappa shape index (κ3) is 2.02. The van der Waals surface area contributed by atoms with Crippen LogP contribution in [0.3, 0.4) is 0 Å². The first kappa shape index (κ1) is 11.9. The monoisotopic (exact) mass is 268 g/mol. The number of sulfone groups is 1. The SMILES string of the molecule is O=S(=O)(c1ccccc1)c1ccc2cccccc1-2. The molecule has 2 nitrogen and oxygen atoms in total. The van der Waals surface area contributed by atoms with Crippen LogP contribution in [-0.4, -0.2) is 8.42 Å². The maximum atomic E-state index is 12.6. The van der Waals surface area contributed by atoms with Gasteiger partial charge in [0.2, 0.25) is 9.84 Å². The van der Waals surface area contributed by atoms with Crippen LogP contribution in [0, 0.1) is 0 Å². The number of hydrogen-bond acceptors (Lipinski definition) is 2. The minimum atomic E-state index is -3.45. The second-order valence-electron chi connectivity index (χ2n) is 4.29. The third-order valence-corrected chi connectivity index (χ3v) is 4.92. The summed E-state index contributed by atoms with van der Waals surface area (Å²) in [6.45, 7) is 0. The Morgan fingerprint density at radius 3 is 2.00 bits per heavy atom. The zero-order valence-electron chi connectivity index (χ0n) is 10.2. The fraction of sp³-hybridized carbons (Fsp3) is 0. The van der Waals surface area contributed by atoms with Crippen LogP contribution in [-0.2, 0) is 9.84 Å². The van der Waals surface area contributed by atoms with Crippen molar-refractivity contribution in [3.05, 3.63) is 72.8 Å². The molecular formula is C16H12O2S. The highest BCUT2D eigenvalue weighted by Gasteiger charge is 2.22. The normalized spacial score (nSPS) is 11.6. The molecule has 0 saturated carbocycles. The Balaban J connectivity index is 2.23. The van der Waals surface area contributed by atoms with Crippen LogP contribution < -0.4 is 0 Å². The van der Waals surface area contributed by atoms with Crippen LogP contribution in [0.2, 0.25) is 0 Å². The second-order valence-corrected chi connectivity index (χ2v) is 6.21. The lowest BCUT2D eigenvalue weighted by atomic mass is 10.2. The Morgan fingerprint density at radius 1 is 0.632 bits per heavy atom. The van der Waals surface area contributed by atoms with Crippen molar-refractivity contribution in [1.29, 1.82) is 0 Å². The van der Waals surface area contributed by atoms with Gasteiger partial charge in [-0.2, -0.15) is 0 Å². The standard InChI is InChI=1S/C16H12O2S/c17-19(18,14-8-4-2-5-9-14)16-12-11-13-7-3-1-6-10-15(13)16/h1-12H. The molecule has 1 aromatic rings. The van der Waals surface area contributed by atoms with Gasteiger partial charge in [-0.15, -0.1) is 0 Å². The van der Waals surface area contributed by atoms with Crippen molar-refractivity contribution in [3.63, 3.8) is 0 Å². The summed E-state index contributed by atoms with van der Waals surface area (Å²) in [5, 5.41) is 0. The predicted molar refractivity (Wildman–Crippen MR) is 75.0 cm³/mol. The Kier molecular flexibility index (Phi) is 2.84. The van der Waals surface area contributed by atoms with E-state index in [4.69, 9.17) is 0 Å². The summed E-state index contributed by atoms with van der Waals surface area (Å²) in [7, 11) is -3.45. The van der Waals surface area contributed by atoms with Crippen LogP contribution in [0.5, 0.6) is 0 Å². The smallest absolute Gasteiger partial charge is 0.207 e. The summed E-state index contributed by atoms with van der Waals surface area (Å²) in [5.41, 5.74) is 1.69. The number of fused-ring (bicyclic) bond motifs is 1. The topological polar surface area (TPSA) is 34.1 Å². The van der Waals surface area contributed by atoms with Crippen LogP contribution in [0.15, 0.2) is 82.6 Å². The third-order valence-electron chi connectivity index (χ3n) is 3.09. The van der Waals surface area contributed by atoms with Gasteiger partial charge in [-0.3, -0.25) is 0 Å². The van der Waals surface area contributed by atoms with Crippen molar-refractivity contribution in [2.24, 2.45) is 0 Å². The molecule has 0 N–H and O–H groups in total. The van der Waals surface area contributed by atoms with Gasteiger partial charge in [0.1, 0.15) is 0 Å². The molecule has 0 aromatic heterocycles. The first-order chi connectivity index (χ1) is 9.19. The highest BCUT2D eigenvalue weighted by molar-refractivity contribution is 7.91. The molecule has 0 aliphatic heterocycles. The molecule has 19 heavy (non-hydrogen) atoms. The van der Waals surface area contributed by atoms with Gasteiger partial charge in [0.05, 0.1) is 9.79 Å². The van der Waals surface area contributed by atoms with Gasteiger partial charge in [0, 0.05) is 5.56 Å². The van der Waals surface area contributed by atoms with Crippen molar-refractivity contribution in [1.82, 2.24) is 0 Å². The predicted octanol–water partition coefficient (Wildman–Crippen LogP) is 3.62. The Morgan fingerprint density at radius 2 is 1.26 bits per heavy atom. The van der Waals surface area contributed by atoms with Crippen LogP contribution in [0.1, 0.15) is 0 Å². The van der Waals surface area contributed by atoms with E-state index < -0.39 is 9.84 Å². The molecule has 0 heterocycles. The van der Waals surface area contributed by atoms with Crippen LogP contribution in [0.25, 0.3) is 11.1 Å². The van der Waals surface area contributed by atoms with E-state index in [0.717, 1.165) is 11.1 Å². The van der Waals surface area contributed by atoms with Gasteiger partial charge in [-0.05, 0) is 23.8 Å². The van der Waals surface area contributed by atoms with Crippen molar-refractivity contribution >= 4 is 9.84 Å². The molecule has 1 aromatic carbocycles. The van der Waals surface area contributed by atoms with Crippen molar-refractivity contribution in [2.75, 3.05) is 0 Å². The average molecular weight is 268 g/mol. The highest BCUT2D eigenvalue weighted by atomic mass is 32.2. The molecule has 0 unspecified atom stereocenters. The molecule has 0 amide bonds. The van der Waals surface area contributed by atoms with Gasteiger partial charge < -0.3 is 0 Å². The maximum absolute atomic E-state index is 12.6. The summed E-state index contributed by atoms with van der Waals surface area (Å²) in [6, 6.07) is 21.4. The number of rotatable bonds is 2. The largest absolute Gasteiger partial charge is 0.218 e. The van der Waals surface area contributed by atoms with Gasteiger partial charge in [-0.25, -0.2) is 8.42 Å². The van der Waals surface area contributed by atoms with Gasteiger partial charge in [0.25, 0.3) is 0 Å². The summed E-state index contributed by atoms with van der Waals surface area (Å²) in [6.07, 6.45) is 0. The molecule has 0 spiro atoms. The summed E-state index contributed by atoms with van der Waals surface area (Å²) >= 11 is 0. The first-order valence-electron chi connectivity index (χ1n) is 5.97. The zero-order chi connectivity index (χ0) is 13.3. The Bertz CT molecular complexity index is 777. The van der Waals surface area contributed by atoms with E-state index in [2.05, 4.69) is 0 Å². The van der Waals surface area contributed by atoms with Gasteiger partial charge >= 0.3 is 0 Å². The molecule has 0 radical (unpaired) electrons. The molecule has 0 atom stereocenters.